The first kappa shape index (κ1) is 20.5. The third-order valence-electron chi connectivity index (χ3n) is 4.01. The van der Waals surface area contributed by atoms with Gasteiger partial charge in [-0.15, -0.1) is 11.3 Å². The molecule has 0 atom stereocenters. The molecular formula is C21H21FN4O2S. The zero-order valence-electron chi connectivity index (χ0n) is 15.7. The van der Waals surface area contributed by atoms with E-state index in [2.05, 4.69) is 20.9 Å². The number of urea groups is 1. The summed E-state index contributed by atoms with van der Waals surface area (Å²) in [6.07, 6.45) is 0.0950. The highest BCUT2D eigenvalue weighted by Gasteiger charge is 2.07. The fourth-order valence-electron chi connectivity index (χ4n) is 2.62. The molecule has 2 aromatic carbocycles. The molecule has 1 heterocycles. The van der Waals surface area contributed by atoms with Gasteiger partial charge in [-0.1, -0.05) is 42.5 Å². The number of nitrogens with zero attached hydrogens (tertiary/aromatic N) is 1. The standard InChI is InChI=1S/C21H21FN4O2S/c22-17-8-4-5-15(11-17)12-19(27)23-9-10-24-21(28)25-13-20-26-18(14-29-20)16-6-2-1-3-7-16/h1-8,11,14H,9-10,12-13H2,(H,23,27)(H2,24,25,28). The lowest BCUT2D eigenvalue weighted by molar-refractivity contribution is -0.120. The smallest absolute Gasteiger partial charge is 0.315 e. The Morgan fingerprint density at radius 1 is 0.966 bits per heavy atom. The number of hydrogen-bond donors (Lipinski definition) is 3. The molecule has 3 aromatic rings. The van der Waals surface area contributed by atoms with Gasteiger partial charge in [0, 0.05) is 24.0 Å². The highest BCUT2D eigenvalue weighted by molar-refractivity contribution is 7.09. The van der Waals surface area contributed by atoms with E-state index < -0.39 is 0 Å². The number of hydrogen-bond acceptors (Lipinski definition) is 4. The summed E-state index contributed by atoms with van der Waals surface area (Å²) in [6, 6.07) is 15.4. The first-order valence-corrected chi connectivity index (χ1v) is 10.0. The van der Waals surface area contributed by atoms with Gasteiger partial charge in [0.15, 0.2) is 0 Å². The molecule has 0 aliphatic rings. The van der Waals surface area contributed by atoms with Crippen LogP contribution in [0.25, 0.3) is 11.3 Å². The lowest BCUT2D eigenvalue weighted by atomic mass is 10.1. The molecule has 0 aliphatic carbocycles. The topological polar surface area (TPSA) is 83.1 Å². The largest absolute Gasteiger partial charge is 0.354 e. The van der Waals surface area contributed by atoms with Crippen molar-refractivity contribution in [1.82, 2.24) is 20.9 Å². The Morgan fingerprint density at radius 2 is 1.76 bits per heavy atom. The van der Waals surface area contributed by atoms with Crippen LogP contribution in [0.1, 0.15) is 10.6 Å². The van der Waals surface area contributed by atoms with Gasteiger partial charge in [-0.25, -0.2) is 14.2 Å². The minimum absolute atomic E-state index is 0.0950. The quantitative estimate of drug-likeness (QED) is 0.497. The molecule has 0 bridgehead atoms. The van der Waals surface area contributed by atoms with Crippen molar-refractivity contribution in [1.29, 1.82) is 0 Å². The molecule has 3 rings (SSSR count). The van der Waals surface area contributed by atoms with Crippen molar-refractivity contribution < 1.29 is 14.0 Å². The van der Waals surface area contributed by atoms with E-state index in [1.807, 2.05) is 35.7 Å². The van der Waals surface area contributed by atoms with E-state index in [0.29, 0.717) is 12.1 Å². The maximum absolute atomic E-state index is 13.1. The average molecular weight is 412 g/mol. The molecule has 0 unspecified atom stereocenters. The second kappa shape index (κ2) is 10.3. The number of amides is 3. The zero-order chi connectivity index (χ0) is 20.5. The Hall–Kier alpha value is -3.26. The fraction of sp³-hybridized carbons (Fsp3) is 0.190. The van der Waals surface area contributed by atoms with Crippen LogP contribution in [0.15, 0.2) is 60.0 Å². The second-order valence-corrected chi connectivity index (χ2v) is 7.20. The molecule has 1 aromatic heterocycles. The van der Waals surface area contributed by atoms with Gasteiger partial charge in [0.1, 0.15) is 10.8 Å². The Bertz CT molecular complexity index is 962. The molecular weight excluding hydrogens is 391 g/mol. The molecule has 8 heteroatoms. The number of carbonyl (C=O) groups excluding carboxylic acids is 2. The third-order valence-corrected chi connectivity index (χ3v) is 4.86. The summed E-state index contributed by atoms with van der Waals surface area (Å²) in [6.45, 7) is 0.903. The average Bonchev–Trinajstić information content (AvgIpc) is 3.19. The van der Waals surface area contributed by atoms with Crippen molar-refractivity contribution in [2.75, 3.05) is 13.1 Å². The predicted octanol–water partition coefficient (Wildman–Crippen LogP) is 3.11. The van der Waals surface area contributed by atoms with Crippen molar-refractivity contribution in [3.63, 3.8) is 0 Å². The van der Waals surface area contributed by atoms with Crippen LogP contribution in [-0.2, 0) is 17.8 Å². The first-order chi connectivity index (χ1) is 14.1. The number of carbonyl (C=O) groups is 2. The van der Waals surface area contributed by atoms with Crippen molar-refractivity contribution in [2.24, 2.45) is 0 Å². The highest BCUT2D eigenvalue weighted by Crippen LogP contribution is 2.21. The van der Waals surface area contributed by atoms with Gasteiger partial charge in [-0.3, -0.25) is 4.79 Å². The fourth-order valence-corrected chi connectivity index (χ4v) is 3.37. The Balaban J connectivity index is 1.32. The van der Waals surface area contributed by atoms with Crippen molar-refractivity contribution >= 4 is 23.3 Å². The van der Waals surface area contributed by atoms with Gasteiger partial charge in [0.05, 0.1) is 18.7 Å². The molecule has 0 aliphatic heterocycles. The number of benzene rings is 2. The van der Waals surface area contributed by atoms with E-state index in [9.17, 15) is 14.0 Å². The maximum atomic E-state index is 13.1. The van der Waals surface area contributed by atoms with Gasteiger partial charge in [-0.05, 0) is 17.7 Å². The van der Waals surface area contributed by atoms with Gasteiger partial charge < -0.3 is 16.0 Å². The van der Waals surface area contributed by atoms with E-state index in [-0.39, 0.29) is 37.3 Å². The zero-order valence-corrected chi connectivity index (χ0v) is 16.5. The van der Waals surface area contributed by atoms with Crippen LogP contribution in [0.3, 0.4) is 0 Å². The summed E-state index contributed by atoms with van der Waals surface area (Å²) in [5, 5.41) is 10.9. The van der Waals surface area contributed by atoms with Crippen LogP contribution in [-0.4, -0.2) is 30.0 Å². The van der Waals surface area contributed by atoms with E-state index in [4.69, 9.17) is 0 Å². The number of thiazole rings is 1. The van der Waals surface area contributed by atoms with Gasteiger partial charge >= 0.3 is 6.03 Å². The van der Waals surface area contributed by atoms with Crippen LogP contribution in [0.5, 0.6) is 0 Å². The van der Waals surface area contributed by atoms with Crippen LogP contribution in [0, 0.1) is 5.82 Å². The lowest BCUT2D eigenvalue weighted by Gasteiger charge is -2.08. The Labute approximate surface area is 172 Å². The van der Waals surface area contributed by atoms with Crippen LogP contribution in [0.2, 0.25) is 0 Å². The molecule has 0 spiro atoms. The predicted molar refractivity (Wildman–Crippen MR) is 111 cm³/mol. The summed E-state index contributed by atoms with van der Waals surface area (Å²) >= 11 is 1.48. The monoisotopic (exact) mass is 412 g/mol. The lowest BCUT2D eigenvalue weighted by Crippen LogP contribution is -2.40. The number of aromatic nitrogens is 1. The maximum Gasteiger partial charge on any atom is 0.315 e. The highest BCUT2D eigenvalue weighted by atomic mass is 32.1. The van der Waals surface area contributed by atoms with Crippen molar-refractivity contribution in [3.8, 4) is 11.3 Å². The van der Waals surface area contributed by atoms with E-state index in [0.717, 1.165) is 16.3 Å². The van der Waals surface area contributed by atoms with Crippen molar-refractivity contribution in [2.45, 2.75) is 13.0 Å². The summed E-state index contributed by atoms with van der Waals surface area (Å²) in [4.78, 5) is 28.2. The van der Waals surface area contributed by atoms with Crippen LogP contribution < -0.4 is 16.0 Å². The minimum Gasteiger partial charge on any atom is -0.354 e. The molecule has 3 amide bonds. The SMILES string of the molecule is O=C(Cc1cccc(F)c1)NCCNC(=O)NCc1nc(-c2ccccc2)cs1. The molecule has 29 heavy (non-hydrogen) atoms. The first-order valence-electron chi connectivity index (χ1n) is 9.13. The molecule has 150 valence electrons. The van der Waals surface area contributed by atoms with Gasteiger partial charge in [0.25, 0.3) is 0 Å². The minimum atomic E-state index is -0.371. The summed E-state index contributed by atoms with van der Waals surface area (Å²) in [5.41, 5.74) is 2.52. The van der Waals surface area contributed by atoms with E-state index in [1.165, 1.54) is 23.5 Å². The summed E-state index contributed by atoms with van der Waals surface area (Å²) in [7, 11) is 0. The Morgan fingerprint density at radius 3 is 2.55 bits per heavy atom. The molecule has 6 nitrogen and oxygen atoms in total. The van der Waals surface area contributed by atoms with E-state index in [1.54, 1.807) is 12.1 Å². The summed E-state index contributed by atoms with van der Waals surface area (Å²) in [5.74, 6) is -0.598. The van der Waals surface area contributed by atoms with Crippen LogP contribution >= 0.6 is 11.3 Å². The number of rotatable bonds is 8. The molecule has 0 fully saturated rings. The third kappa shape index (κ3) is 6.69. The molecule has 0 saturated heterocycles. The summed E-state index contributed by atoms with van der Waals surface area (Å²) < 4.78 is 13.1. The van der Waals surface area contributed by atoms with Crippen LogP contribution in [0.4, 0.5) is 9.18 Å². The van der Waals surface area contributed by atoms with Gasteiger partial charge in [0.2, 0.25) is 5.91 Å². The van der Waals surface area contributed by atoms with E-state index >= 15 is 0 Å². The molecule has 0 saturated carbocycles. The number of nitrogens with one attached hydrogen (secondary N) is 3. The number of halogens is 1. The second-order valence-electron chi connectivity index (χ2n) is 6.26. The van der Waals surface area contributed by atoms with Crippen molar-refractivity contribution in [3.05, 3.63) is 76.4 Å². The normalized spacial score (nSPS) is 10.4. The molecule has 0 radical (unpaired) electrons. The van der Waals surface area contributed by atoms with Gasteiger partial charge in [-0.2, -0.15) is 0 Å². The Kier molecular flexibility index (Phi) is 7.29. The molecule has 3 N–H and O–H groups in total.